The van der Waals surface area contributed by atoms with Crippen LogP contribution in [0.2, 0.25) is 0 Å². The van der Waals surface area contributed by atoms with Crippen molar-refractivity contribution in [3.63, 3.8) is 0 Å². The Morgan fingerprint density at radius 1 is 0.969 bits per heavy atom. The Bertz CT molecular complexity index is 1230. The van der Waals surface area contributed by atoms with E-state index in [2.05, 4.69) is 50.4 Å². The first-order valence-corrected chi connectivity index (χ1v) is 10.5. The molecule has 0 radical (unpaired) electrons. The summed E-state index contributed by atoms with van der Waals surface area (Å²) in [6.45, 7) is 1.50. The second-order valence-electron chi connectivity index (χ2n) is 7.79. The molecule has 2 N–H and O–H groups in total. The van der Waals surface area contributed by atoms with Crippen LogP contribution in [0.5, 0.6) is 11.5 Å². The van der Waals surface area contributed by atoms with E-state index in [1.54, 1.807) is 7.11 Å². The van der Waals surface area contributed by atoms with Crippen LogP contribution in [0.1, 0.15) is 22.5 Å². The molecule has 0 fully saturated rings. The largest absolute Gasteiger partial charge is 0.496 e. The molecule has 0 aliphatic carbocycles. The van der Waals surface area contributed by atoms with Gasteiger partial charge in [-0.15, -0.1) is 0 Å². The maximum atomic E-state index is 5.79. The van der Waals surface area contributed by atoms with Gasteiger partial charge in [0.1, 0.15) is 18.1 Å². The number of ether oxygens (including phenoxy) is 2. The molecule has 4 rings (SSSR count). The second kappa shape index (κ2) is 10.0. The molecule has 0 atom stereocenters. The number of methoxy groups -OCH3 is 1. The number of aromatic amines is 2. The van der Waals surface area contributed by atoms with Gasteiger partial charge >= 0.3 is 0 Å². The first kappa shape index (κ1) is 21.5. The molecule has 6 nitrogen and oxygen atoms in total. The van der Waals surface area contributed by atoms with Crippen LogP contribution in [0.3, 0.4) is 0 Å². The fraction of sp³-hybridized carbons (Fsp3) is 0.192. The third-order valence-electron chi connectivity index (χ3n) is 5.10. The van der Waals surface area contributed by atoms with E-state index in [0.717, 1.165) is 46.1 Å². The molecule has 2 aromatic heterocycles. The molecular formula is C26H28N4O2. The highest BCUT2D eigenvalue weighted by atomic mass is 16.5. The number of fused-ring (bicyclic) bond motifs is 1. The lowest BCUT2D eigenvalue weighted by Crippen LogP contribution is -2.19. The third kappa shape index (κ3) is 5.47. The predicted octanol–water partition coefficient (Wildman–Crippen LogP) is 5.18. The Morgan fingerprint density at radius 2 is 1.88 bits per heavy atom. The van der Waals surface area contributed by atoms with Gasteiger partial charge in [-0.3, -0.25) is 5.10 Å². The van der Waals surface area contributed by atoms with Crippen LogP contribution in [-0.4, -0.2) is 54.4 Å². The van der Waals surface area contributed by atoms with Gasteiger partial charge in [-0.2, -0.15) is 5.10 Å². The van der Waals surface area contributed by atoms with Crippen molar-refractivity contribution in [1.82, 2.24) is 20.1 Å². The maximum Gasteiger partial charge on any atom is 0.129 e. The van der Waals surface area contributed by atoms with E-state index in [0.29, 0.717) is 6.61 Å². The molecule has 164 valence electrons. The lowest BCUT2D eigenvalue weighted by atomic mass is 10.1. The lowest BCUT2D eigenvalue weighted by Gasteiger charge is -2.12. The number of H-pyrrole nitrogens is 2. The van der Waals surface area contributed by atoms with Crippen molar-refractivity contribution in [3.05, 3.63) is 77.2 Å². The van der Waals surface area contributed by atoms with Gasteiger partial charge in [0.15, 0.2) is 0 Å². The zero-order valence-electron chi connectivity index (χ0n) is 18.6. The van der Waals surface area contributed by atoms with Crippen LogP contribution < -0.4 is 9.47 Å². The normalized spacial score (nSPS) is 11.9. The Hall–Kier alpha value is -3.77. The van der Waals surface area contributed by atoms with E-state index in [1.807, 2.05) is 62.8 Å². The number of benzene rings is 2. The van der Waals surface area contributed by atoms with E-state index in [9.17, 15) is 0 Å². The van der Waals surface area contributed by atoms with Crippen molar-refractivity contribution in [2.24, 2.45) is 0 Å². The van der Waals surface area contributed by atoms with Crippen LogP contribution in [0.15, 0.2) is 54.7 Å². The van der Waals surface area contributed by atoms with Crippen LogP contribution in [-0.2, 0) is 0 Å². The number of hydrogen-bond donors (Lipinski definition) is 2. The minimum atomic E-state index is 0.634. The van der Waals surface area contributed by atoms with Crippen LogP contribution in [0, 0.1) is 0 Å². The van der Waals surface area contributed by atoms with Crippen molar-refractivity contribution >= 4 is 35.2 Å². The smallest absolute Gasteiger partial charge is 0.129 e. The first-order valence-electron chi connectivity index (χ1n) is 10.5. The molecule has 32 heavy (non-hydrogen) atoms. The van der Waals surface area contributed by atoms with Crippen molar-refractivity contribution in [2.45, 2.75) is 0 Å². The Balaban J connectivity index is 1.41. The van der Waals surface area contributed by atoms with Gasteiger partial charge in [0.25, 0.3) is 0 Å². The molecule has 0 amide bonds. The topological polar surface area (TPSA) is 66.2 Å². The van der Waals surface area contributed by atoms with Crippen molar-refractivity contribution in [3.8, 4) is 11.5 Å². The third-order valence-corrected chi connectivity index (χ3v) is 5.10. The fourth-order valence-electron chi connectivity index (χ4n) is 3.32. The summed E-state index contributed by atoms with van der Waals surface area (Å²) in [6, 6.07) is 16.3. The molecule has 2 heterocycles. The van der Waals surface area contributed by atoms with E-state index < -0.39 is 0 Å². The van der Waals surface area contributed by atoms with Gasteiger partial charge < -0.3 is 19.4 Å². The zero-order chi connectivity index (χ0) is 22.3. The number of rotatable bonds is 9. The van der Waals surface area contributed by atoms with E-state index in [-0.39, 0.29) is 0 Å². The zero-order valence-corrected chi connectivity index (χ0v) is 18.6. The molecule has 0 spiro atoms. The molecule has 0 saturated heterocycles. The summed E-state index contributed by atoms with van der Waals surface area (Å²) in [6.07, 6.45) is 9.99. The summed E-state index contributed by atoms with van der Waals surface area (Å²) in [4.78, 5) is 5.32. The quantitative estimate of drug-likeness (QED) is 0.385. The highest BCUT2D eigenvalue weighted by molar-refractivity contribution is 5.83. The number of nitrogens with zero attached hydrogens (tertiary/aromatic N) is 2. The summed E-state index contributed by atoms with van der Waals surface area (Å²) < 4.78 is 11.3. The van der Waals surface area contributed by atoms with Crippen molar-refractivity contribution in [2.75, 3.05) is 34.4 Å². The molecular weight excluding hydrogens is 400 g/mol. The molecule has 0 saturated carbocycles. The van der Waals surface area contributed by atoms with E-state index in [1.165, 1.54) is 5.39 Å². The summed E-state index contributed by atoms with van der Waals surface area (Å²) in [5, 5.41) is 8.64. The summed E-state index contributed by atoms with van der Waals surface area (Å²) in [7, 11) is 5.72. The predicted molar refractivity (Wildman–Crippen MR) is 132 cm³/mol. The SMILES string of the molecule is COc1cc(OCCN(C)C)ccc1/C=C/c1cc(/C=C/c2ccc3cc[nH]c3c2)n[nH]1. The van der Waals surface area contributed by atoms with Gasteiger partial charge in [0.2, 0.25) is 0 Å². The van der Waals surface area contributed by atoms with Crippen LogP contribution >= 0.6 is 0 Å². The van der Waals surface area contributed by atoms with E-state index in [4.69, 9.17) is 9.47 Å². The molecule has 0 bridgehead atoms. The number of likely N-dealkylation sites (N-methyl/N-ethyl adjacent to an activating group) is 1. The number of aromatic nitrogens is 3. The highest BCUT2D eigenvalue weighted by Crippen LogP contribution is 2.26. The Morgan fingerprint density at radius 3 is 2.72 bits per heavy atom. The van der Waals surface area contributed by atoms with Crippen molar-refractivity contribution < 1.29 is 9.47 Å². The molecule has 4 aromatic rings. The monoisotopic (exact) mass is 428 g/mol. The van der Waals surface area contributed by atoms with Gasteiger partial charge in [-0.25, -0.2) is 0 Å². The molecule has 0 unspecified atom stereocenters. The van der Waals surface area contributed by atoms with Crippen molar-refractivity contribution in [1.29, 1.82) is 0 Å². The molecule has 2 aromatic carbocycles. The molecule has 0 aliphatic rings. The minimum Gasteiger partial charge on any atom is -0.496 e. The minimum absolute atomic E-state index is 0.634. The van der Waals surface area contributed by atoms with E-state index >= 15 is 0 Å². The van der Waals surface area contributed by atoms with Crippen LogP contribution in [0.25, 0.3) is 35.2 Å². The Kier molecular flexibility index (Phi) is 6.72. The fourth-order valence-corrected chi connectivity index (χ4v) is 3.32. The first-order chi connectivity index (χ1) is 15.6. The second-order valence-corrected chi connectivity index (χ2v) is 7.79. The average Bonchev–Trinajstić information content (AvgIpc) is 3.45. The number of nitrogens with one attached hydrogen (secondary N) is 2. The number of hydrogen-bond acceptors (Lipinski definition) is 4. The Labute approximate surface area is 188 Å². The van der Waals surface area contributed by atoms with Gasteiger partial charge in [-0.05, 0) is 73.6 Å². The molecule has 6 heteroatoms. The summed E-state index contributed by atoms with van der Waals surface area (Å²) in [5.74, 6) is 1.57. The van der Waals surface area contributed by atoms with Gasteiger partial charge in [-0.1, -0.05) is 18.2 Å². The maximum absolute atomic E-state index is 5.79. The van der Waals surface area contributed by atoms with Gasteiger partial charge in [0.05, 0.1) is 18.5 Å². The average molecular weight is 429 g/mol. The summed E-state index contributed by atoms with van der Waals surface area (Å²) >= 11 is 0. The standard InChI is InChI=1S/C26H28N4O2/c1-30(2)14-15-32-24-11-8-21(26(18-24)31-3)7-10-23-17-22(28-29-23)9-5-19-4-6-20-12-13-27-25(20)16-19/h4-13,16-18,27H,14-15H2,1-3H3,(H,28,29)/b9-5+,10-7+. The lowest BCUT2D eigenvalue weighted by molar-refractivity contribution is 0.260. The van der Waals surface area contributed by atoms with Gasteiger partial charge in [0, 0.05) is 29.9 Å². The highest BCUT2D eigenvalue weighted by Gasteiger charge is 2.04. The summed E-state index contributed by atoms with van der Waals surface area (Å²) in [5.41, 5.74) is 5.00. The van der Waals surface area contributed by atoms with Crippen LogP contribution in [0.4, 0.5) is 0 Å². The molecule has 0 aliphatic heterocycles.